The Kier molecular flexibility index (Phi) is 22.6. The molecule has 502 valence electrons. The van der Waals surface area contributed by atoms with E-state index in [1.807, 2.05) is 14.1 Å². The molecule has 2 N–H and O–H groups in total. The fraction of sp³-hybridized carbons (Fsp3) is 0.700. The Morgan fingerprint density at radius 1 is 0.600 bits per heavy atom. The molecule has 10 rings (SSSR count). The number of aliphatic hydroxyl groups is 2. The van der Waals surface area contributed by atoms with Gasteiger partial charge in [0, 0.05) is 191 Å². The van der Waals surface area contributed by atoms with Crippen LogP contribution in [-0.4, -0.2) is 278 Å². The van der Waals surface area contributed by atoms with E-state index in [-0.39, 0.29) is 85.4 Å². The van der Waals surface area contributed by atoms with Gasteiger partial charge < -0.3 is 24.6 Å². The average molecular weight is 1350 g/mol. The van der Waals surface area contributed by atoms with Gasteiger partial charge in [0.25, 0.3) is 0 Å². The topological polar surface area (TPSA) is 189 Å². The van der Waals surface area contributed by atoms with Crippen molar-refractivity contribution in [3.05, 3.63) is 70.0 Å². The number of nitrogens with zero attached hydrogens (tertiary/aromatic N) is 12. The third kappa shape index (κ3) is 16.6. The largest absolute Gasteiger partial charge is 0.417 e. The van der Waals surface area contributed by atoms with Gasteiger partial charge in [-0.15, -0.1) is 23.5 Å². The van der Waals surface area contributed by atoms with E-state index < -0.39 is 67.8 Å². The molecule has 30 heteroatoms. The molecule has 20 nitrogen and oxygen atoms in total. The Morgan fingerprint density at radius 2 is 1.07 bits per heavy atom. The number of likely N-dealkylation sites (tertiary alicyclic amines) is 1. The average Bonchev–Trinajstić information content (AvgIpc) is 1.66. The first kappa shape index (κ1) is 69.4. The molecule has 0 radical (unpaired) electrons. The van der Waals surface area contributed by atoms with Crippen molar-refractivity contribution in [2.45, 2.75) is 118 Å². The van der Waals surface area contributed by atoms with Crippen molar-refractivity contribution >= 4 is 43.6 Å². The molecule has 4 saturated heterocycles. The number of aromatic nitrogens is 4. The van der Waals surface area contributed by atoms with Gasteiger partial charge in [-0.1, -0.05) is 12.1 Å². The summed E-state index contributed by atoms with van der Waals surface area (Å²) in [5.41, 5.74) is 1.68. The molecule has 0 saturated carbocycles. The summed E-state index contributed by atoms with van der Waals surface area (Å²) in [5, 5.41) is 37.5. The van der Waals surface area contributed by atoms with E-state index in [2.05, 4.69) is 43.2 Å². The molecule has 2 aromatic heterocycles. The minimum absolute atomic E-state index is 0.00681. The molecule has 0 bridgehead atoms. The number of alkyl halides is 6. The van der Waals surface area contributed by atoms with Crippen LogP contribution in [0, 0.1) is 0 Å². The number of hydrogen-bond acceptors (Lipinski definition) is 18. The molecule has 4 unspecified atom stereocenters. The van der Waals surface area contributed by atoms with Crippen LogP contribution in [0.1, 0.15) is 66.4 Å². The van der Waals surface area contributed by atoms with Crippen LogP contribution >= 0.6 is 23.5 Å². The molecule has 0 spiro atoms. The second kappa shape index (κ2) is 29.3. The van der Waals surface area contributed by atoms with Gasteiger partial charge in [0.05, 0.1) is 92.3 Å². The zero-order valence-corrected chi connectivity index (χ0v) is 55.6. The highest BCUT2D eigenvalue weighted by Crippen LogP contribution is 2.44. The van der Waals surface area contributed by atoms with Crippen molar-refractivity contribution in [2.75, 3.05) is 163 Å². The number of piperidine rings is 1. The van der Waals surface area contributed by atoms with Crippen LogP contribution in [0.3, 0.4) is 0 Å². The normalized spacial score (nSPS) is 21.5. The van der Waals surface area contributed by atoms with Crippen LogP contribution in [0.2, 0.25) is 0 Å². The van der Waals surface area contributed by atoms with Crippen molar-refractivity contribution in [3.8, 4) is 22.5 Å². The SMILES string of the molecule is CC(C)N1CCN(CC(O)C(C(C(O)Cn2nc(-c3ccc(C(F)(F)F)c(SCCN4CCOCC4)c3)c3c2CCN(S(C)(=O)=O)C3)N2CCC(N(C)C)CC2)n2nc(-c3ccc(C(F)(F)F)c(SCCN4CCOCC4)c3)c3c2CCN(S(C)(=O)=O)C3)CC1. The molecule has 8 heterocycles. The molecule has 4 aromatic rings. The zero-order valence-electron chi connectivity index (χ0n) is 52.3. The predicted molar refractivity (Wildman–Crippen MR) is 335 cm³/mol. The quantitative estimate of drug-likeness (QED) is 0.0717. The van der Waals surface area contributed by atoms with E-state index in [1.54, 1.807) is 9.36 Å². The van der Waals surface area contributed by atoms with Crippen LogP contribution in [-0.2, 0) is 74.3 Å². The van der Waals surface area contributed by atoms with E-state index in [4.69, 9.17) is 19.7 Å². The number of thioether (sulfide) groups is 2. The maximum Gasteiger partial charge on any atom is 0.417 e. The Balaban J connectivity index is 1.09. The Hall–Kier alpha value is -3.44. The Morgan fingerprint density at radius 3 is 1.53 bits per heavy atom. The van der Waals surface area contributed by atoms with Gasteiger partial charge in [-0.05, 0) is 65.0 Å². The van der Waals surface area contributed by atoms with Gasteiger partial charge in [-0.25, -0.2) is 16.8 Å². The van der Waals surface area contributed by atoms with E-state index in [0.29, 0.717) is 150 Å². The van der Waals surface area contributed by atoms with E-state index in [0.717, 1.165) is 61.3 Å². The maximum absolute atomic E-state index is 15.0. The molecule has 0 amide bonds. The van der Waals surface area contributed by atoms with Crippen molar-refractivity contribution < 1.29 is 62.9 Å². The highest BCUT2D eigenvalue weighted by atomic mass is 32.2. The predicted octanol–water partition coefficient (Wildman–Crippen LogP) is 5.32. The molecule has 2 aromatic carbocycles. The zero-order chi connectivity index (χ0) is 64.5. The van der Waals surface area contributed by atoms with Crippen molar-refractivity contribution in [2.24, 2.45) is 0 Å². The van der Waals surface area contributed by atoms with E-state index in [9.17, 15) is 53.4 Å². The summed E-state index contributed by atoms with van der Waals surface area (Å²) in [5.74, 6) is 0.709. The van der Waals surface area contributed by atoms with Crippen molar-refractivity contribution in [1.82, 2.24) is 57.6 Å². The van der Waals surface area contributed by atoms with Gasteiger partial charge in [0.2, 0.25) is 20.0 Å². The highest BCUT2D eigenvalue weighted by Gasteiger charge is 2.46. The molecular weight excluding hydrogens is 1260 g/mol. The minimum Gasteiger partial charge on any atom is -0.389 e. The molecule has 0 aliphatic carbocycles. The first-order valence-corrected chi connectivity index (χ1v) is 36.9. The first-order valence-electron chi connectivity index (χ1n) is 31.2. The van der Waals surface area contributed by atoms with Crippen LogP contribution in [0.15, 0.2) is 46.2 Å². The van der Waals surface area contributed by atoms with Crippen LogP contribution in [0.25, 0.3) is 22.5 Å². The number of halogens is 6. The number of hydrogen-bond donors (Lipinski definition) is 2. The number of piperazine rings is 1. The van der Waals surface area contributed by atoms with Crippen LogP contribution in [0.4, 0.5) is 26.3 Å². The fourth-order valence-electron chi connectivity index (χ4n) is 13.6. The van der Waals surface area contributed by atoms with Gasteiger partial charge >= 0.3 is 12.4 Å². The molecular formula is C60H88F6N12O8S4. The number of aliphatic hydroxyl groups excluding tert-OH is 2. The van der Waals surface area contributed by atoms with Crippen molar-refractivity contribution in [1.29, 1.82) is 0 Å². The lowest BCUT2D eigenvalue weighted by atomic mass is 9.91. The number of morpholine rings is 2. The molecule has 6 aliphatic rings. The van der Waals surface area contributed by atoms with Crippen molar-refractivity contribution in [3.63, 3.8) is 0 Å². The molecule has 4 fully saturated rings. The third-order valence-electron chi connectivity index (χ3n) is 18.8. The number of fused-ring (bicyclic) bond motifs is 2. The lowest BCUT2D eigenvalue weighted by molar-refractivity contribution is -0.140. The first-order chi connectivity index (χ1) is 42.6. The van der Waals surface area contributed by atoms with Crippen LogP contribution < -0.4 is 0 Å². The minimum atomic E-state index is -4.70. The maximum atomic E-state index is 15.0. The third-order valence-corrected chi connectivity index (χ3v) is 23.3. The number of rotatable bonds is 23. The Bertz CT molecular complexity index is 3310. The number of ether oxygens (including phenoxy) is 2. The molecule has 90 heavy (non-hydrogen) atoms. The van der Waals surface area contributed by atoms with Gasteiger partial charge in [0.15, 0.2) is 0 Å². The summed E-state index contributed by atoms with van der Waals surface area (Å²) in [6, 6.07) is 6.17. The Labute approximate surface area is 534 Å². The van der Waals surface area contributed by atoms with E-state index in [1.165, 1.54) is 32.9 Å². The number of β-amino-alcohol motifs (C(OH)–C–C–N with tert-alkyl or cyclic N) is 1. The fourth-order valence-corrected chi connectivity index (χ4v) is 17.4. The molecule has 4 atom stereocenters. The summed E-state index contributed by atoms with van der Waals surface area (Å²) in [7, 11) is -3.57. The summed E-state index contributed by atoms with van der Waals surface area (Å²) in [6.07, 6.45) is -8.17. The molecule has 6 aliphatic heterocycles. The smallest absolute Gasteiger partial charge is 0.389 e. The summed E-state index contributed by atoms with van der Waals surface area (Å²) >= 11 is 2.16. The summed E-state index contributed by atoms with van der Waals surface area (Å²) in [6.45, 7) is 13.5. The lowest BCUT2D eigenvalue weighted by Crippen LogP contribution is -2.59. The second-order valence-electron chi connectivity index (χ2n) is 25.2. The summed E-state index contributed by atoms with van der Waals surface area (Å²) in [4.78, 5) is 13.1. The van der Waals surface area contributed by atoms with Gasteiger partial charge in [0.1, 0.15) is 0 Å². The van der Waals surface area contributed by atoms with Gasteiger partial charge in [-0.3, -0.25) is 33.9 Å². The second-order valence-corrected chi connectivity index (χ2v) is 31.4. The number of sulfonamides is 2. The monoisotopic (exact) mass is 1350 g/mol. The van der Waals surface area contributed by atoms with Gasteiger partial charge in [-0.2, -0.15) is 45.2 Å². The summed E-state index contributed by atoms with van der Waals surface area (Å²) < 4.78 is 160. The lowest BCUT2D eigenvalue weighted by Gasteiger charge is -2.46. The van der Waals surface area contributed by atoms with Crippen LogP contribution in [0.5, 0.6) is 0 Å². The van der Waals surface area contributed by atoms with E-state index >= 15 is 0 Å². The standard InChI is InChI=1S/C60H88F6N12O8S4/c1-41(2)73-21-19-72(20-22-73)39-51(79)58(78-50-14-18-76(90(6,83)84)38-46(50)56(68-78)43-8-10-48(60(64,65)66)54(36-43)88-34-28-71-25-31-86-32-26-71)57(74-15-11-44(12-16-74)69(3)4)52(80)40-77-49-13-17-75(89(5,81)82)37-45(49)55(67-77)42-7-9-47(59(61,62)63)53(35-42)87-33-27-70-23-29-85-30-24-70/h7-10,35-36,41,44,51-52,57-58,79-80H,11-34,37-40H2,1-6H3. The highest BCUT2D eigenvalue weighted by molar-refractivity contribution is 7.99. The number of benzene rings is 2.